The molecule has 0 radical (unpaired) electrons. The van der Waals surface area contributed by atoms with E-state index in [9.17, 15) is 9.59 Å². The summed E-state index contributed by atoms with van der Waals surface area (Å²) in [6.45, 7) is 0.198. The number of aromatic nitrogens is 2. The minimum absolute atomic E-state index is 0.0510. The zero-order valence-corrected chi connectivity index (χ0v) is 10.6. The second-order valence-corrected chi connectivity index (χ2v) is 4.72. The maximum absolute atomic E-state index is 12.0. The predicted molar refractivity (Wildman–Crippen MR) is 64.4 cm³/mol. The fourth-order valence-corrected chi connectivity index (χ4v) is 1.91. The minimum atomic E-state index is -0.908. The van der Waals surface area contributed by atoms with Crippen LogP contribution in [0.2, 0.25) is 0 Å². The second kappa shape index (κ2) is 4.80. The van der Waals surface area contributed by atoms with Crippen molar-refractivity contribution < 1.29 is 14.7 Å². The maximum Gasteiger partial charge on any atom is 0.305 e. The molecule has 0 saturated heterocycles. The maximum atomic E-state index is 12.0. The third kappa shape index (κ3) is 2.69. The van der Waals surface area contributed by atoms with Gasteiger partial charge in [-0.05, 0) is 18.9 Å². The number of aliphatic carboxylic acids is 1. The summed E-state index contributed by atoms with van der Waals surface area (Å²) in [6.07, 6.45) is 2.26. The SMILES string of the molecule is CN(CCC(=O)O)C(=O)c1cc(C2CC2)n(C)n1. The molecule has 1 aromatic rings. The van der Waals surface area contributed by atoms with Gasteiger partial charge >= 0.3 is 5.97 Å². The molecule has 1 heterocycles. The van der Waals surface area contributed by atoms with Gasteiger partial charge in [0.25, 0.3) is 5.91 Å². The lowest BCUT2D eigenvalue weighted by Crippen LogP contribution is -2.29. The largest absolute Gasteiger partial charge is 0.481 e. The van der Waals surface area contributed by atoms with Crippen LogP contribution < -0.4 is 0 Å². The summed E-state index contributed by atoms with van der Waals surface area (Å²) in [5.74, 6) is -0.596. The molecule has 1 N–H and O–H groups in total. The van der Waals surface area contributed by atoms with Crippen LogP contribution in [0.5, 0.6) is 0 Å². The number of carboxylic acid groups (broad SMARTS) is 1. The highest BCUT2D eigenvalue weighted by Crippen LogP contribution is 2.39. The van der Waals surface area contributed by atoms with Crippen LogP contribution in [0.4, 0.5) is 0 Å². The molecule has 0 atom stereocenters. The van der Waals surface area contributed by atoms with Crippen molar-refractivity contribution in [3.63, 3.8) is 0 Å². The second-order valence-electron chi connectivity index (χ2n) is 4.72. The molecule has 1 aromatic heterocycles. The lowest BCUT2D eigenvalue weighted by atomic mass is 10.2. The molecule has 18 heavy (non-hydrogen) atoms. The van der Waals surface area contributed by atoms with Crippen molar-refractivity contribution in [2.75, 3.05) is 13.6 Å². The molecule has 6 nitrogen and oxygen atoms in total. The van der Waals surface area contributed by atoms with Crippen molar-refractivity contribution in [1.29, 1.82) is 0 Å². The number of aryl methyl sites for hydroxylation is 1. The highest BCUT2D eigenvalue weighted by atomic mass is 16.4. The number of hydrogen-bond acceptors (Lipinski definition) is 3. The van der Waals surface area contributed by atoms with Crippen LogP contribution in [0.15, 0.2) is 6.07 Å². The number of rotatable bonds is 5. The van der Waals surface area contributed by atoms with E-state index in [0.29, 0.717) is 11.6 Å². The van der Waals surface area contributed by atoms with Gasteiger partial charge in [-0.15, -0.1) is 0 Å². The molecule has 1 saturated carbocycles. The van der Waals surface area contributed by atoms with Gasteiger partial charge in [-0.25, -0.2) is 0 Å². The monoisotopic (exact) mass is 251 g/mol. The first-order valence-corrected chi connectivity index (χ1v) is 6.00. The highest BCUT2D eigenvalue weighted by molar-refractivity contribution is 5.92. The number of carbonyl (C=O) groups is 2. The molecule has 98 valence electrons. The molecule has 2 rings (SSSR count). The van der Waals surface area contributed by atoms with Crippen LogP contribution in [0.25, 0.3) is 0 Å². The van der Waals surface area contributed by atoms with Crippen molar-refractivity contribution in [2.45, 2.75) is 25.2 Å². The molecular formula is C12H17N3O3. The Morgan fingerprint density at radius 2 is 2.22 bits per heavy atom. The van der Waals surface area contributed by atoms with Gasteiger partial charge in [0.15, 0.2) is 5.69 Å². The van der Waals surface area contributed by atoms with Gasteiger partial charge in [0, 0.05) is 32.3 Å². The van der Waals surface area contributed by atoms with Crippen LogP contribution in [-0.2, 0) is 11.8 Å². The van der Waals surface area contributed by atoms with E-state index < -0.39 is 5.97 Å². The van der Waals surface area contributed by atoms with E-state index >= 15 is 0 Å². The predicted octanol–water partition coefficient (Wildman–Crippen LogP) is 0.844. The van der Waals surface area contributed by atoms with Gasteiger partial charge in [0.1, 0.15) is 0 Å². The summed E-state index contributed by atoms with van der Waals surface area (Å²) in [6, 6.07) is 1.82. The van der Waals surface area contributed by atoms with Gasteiger partial charge in [0.05, 0.1) is 6.42 Å². The number of hydrogen-bond donors (Lipinski definition) is 1. The van der Waals surface area contributed by atoms with Gasteiger partial charge in [-0.1, -0.05) is 0 Å². The van der Waals surface area contributed by atoms with Gasteiger partial charge in [-0.3, -0.25) is 14.3 Å². The molecule has 0 unspecified atom stereocenters. The highest BCUT2D eigenvalue weighted by Gasteiger charge is 2.28. The average Bonchev–Trinajstić information content (AvgIpc) is 3.08. The molecular weight excluding hydrogens is 234 g/mol. The standard InChI is InChI=1S/C12H17N3O3/c1-14(6-5-11(16)17)12(18)9-7-10(8-3-4-8)15(2)13-9/h7-8H,3-6H2,1-2H3,(H,16,17). The Bertz CT molecular complexity index is 477. The number of carboxylic acids is 1. The van der Waals surface area contributed by atoms with E-state index in [0.717, 1.165) is 18.5 Å². The zero-order valence-electron chi connectivity index (χ0n) is 10.6. The summed E-state index contributed by atoms with van der Waals surface area (Å²) in [7, 11) is 3.43. The van der Waals surface area contributed by atoms with E-state index in [2.05, 4.69) is 5.10 Å². The van der Waals surface area contributed by atoms with Crippen LogP contribution in [0.3, 0.4) is 0 Å². The molecule has 1 aliphatic rings. The number of nitrogens with zero attached hydrogens (tertiary/aromatic N) is 3. The van der Waals surface area contributed by atoms with E-state index in [1.165, 1.54) is 4.90 Å². The molecule has 1 amide bonds. The zero-order chi connectivity index (χ0) is 13.3. The van der Waals surface area contributed by atoms with Crippen molar-refractivity contribution >= 4 is 11.9 Å². The summed E-state index contributed by atoms with van der Waals surface area (Å²) in [5.41, 5.74) is 1.48. The molecule has 0 aliphatic heterocycles. The summed E-state index contributed by atoms with van der Waals surface area (Å²) in [4.78, 5) is 23.9. The van der Waals surface area contributed by atoms with Crippen LogP contribution >= 0.6 is 0 Å². The molecule has 1 aliphatic carbocycles. The molecule has 0 aromatic carbocycles. The Morgan fingerprint density at radius 3 is 2.78 bits per heavy atom. The van der Waals surface area contributed by atoms with Crippen molar-refractivity contribution in [2.24, 2.45) is 7.05 Å². The Kier molecular flexibility index (Phi) is 3.36. The van der Waals surface area contributed by atoms with Gasteiger partial charge in [-0.2, -0.15) is 5.10 Å². The summed E-state index contributed by atoms with van der Waals surface area (Å²) < 4.78 is 1.75. The lowest BCUT2D eigenvalue weighted by Gasteiger charge is -2.13. The summed E-state index contributed by atoms with van der Waals surface area (Å²) >= 11 is 0. The molecule has 6 heteroatoms. The Morgan fingerprint density at radius 1 is 1.56 bits per heavy atom. The van der Waals surface area contributed by atoms with Crippen molar-refractivity contribution in [1.82, 2.24) is 14.7 Å². The lowest BCUT2D eigenvalue weighted by molar-refractivity contribution is -0.137. The first kappa shape index (κ1) is 12.6. The van der Waals surface area contributed by atoms with Crippen LogP contribution in [0.1, 0.15) is 41.4 Å². The quantitative estimate of drug-likeness (QED) is 0.841. The number of carbonyl (C=O) groups excluding carboxylic acids is 1. The Labute approximate surface area is 105 Å². The first-order chi connectivity index (χ1) is 8.49. The molecule has 0 spiro atoms. The smallest absolute Gasteiger partial charge is 0.305 e. The third-order valence-electron chi connectivity index (χ3n) is 3.14. The Balaban J connectivity index is 2.03. The Hall–Kier alpha value is -1.85. The molecule has 0 bridgehead atoms. The van der Waals surface area contributed by atoms with E-state index in [1.807, 2.05) is 13.1 Å². The number of amides is 1. The average molecular weight is 251 g/mol. The topological polar surface area (TPSA) is 75.4 Å². The summed E-state index contributed by atoms with van der Waals surface area (Å²) in [5, 5.41) is 12.8. The van der Waals surface area contributed by atoms with Crippen LogP contribution in [0, 0.1) is 0 Å². The van der Waals surface area contributed by atoms with E-state index in [1.54, 1.807) is 11.7 Å². The van der Waals surface area contributed by atoms with E-state index in [-0.39, 0.29) is 18.9 Å². The van der Waals surface area contributed by atoms with Gasteiger partial charge < -0.3 is 10.0 Å². The van der Waals surface area contributed by atoms with Crippen molar-refractivity contribution in [3.8, 4) is 0 Å². The first-order valence-electron chi connectivity index (χ1n) is 6.00. The molecule has 1 fully saturated rings. The minimum Gasteiger partial charge on any atom is -0.481 e. The normalized spacial score (nSPS) is 14.6. The van der Waals surface area contributed by atoms with Gasteiger partial charge in [0.2, 0.25) is 0 Å². The third-order valence-corrected chi connectivity index (χ3v) is 3.14. The van der Waals surface area contributed by atoms with Crippen molar-refractivity contribution in [3.05, 3.63) is 17.5 Å². The van der Waals surface area contributed by atoms with E-state index in [4.69, 9.17) is 5.11 Å². The fourth-order valence-electron chi connectivity index (χ4n) is 1.91. The van der Waals surface area contributed by atoms with Crippen LogP contribution in [-0.4, -0.2) is 45.3 Å². The fraction of sp³-hybridized carbons (Fsp3) is 0.583.